The second-order valence-electron chi connectivity index (χ2n) is 3.50. The number of halogens is 1. The third-order valence-corrected chi connectivity index (χ3v) is 2.81. The Labute approximate surface area is 109 Å². The van der Waals surface area contributed by atoms with E-state index in [1.165, 1.54) is 23.9 Å². The molecule has 0 unspecified atom stereocenters. The predicted molar refractivity (Wildman–Crippen MR) is 68.3 cm³/mol. The molecule has 0 atom stereocenters. The Morgan fingerprint density at radius 1 is 1.33 bits per heavy atom. The SMILES string of the molecule is COc1ccccc1-n1ccc(Cl)c(C#N)c1=O. The minimum absolute atomic E-state index is 0.0786. The zero-order chi connectivity index (χ0) is 13.1. The van der Waals surface area contributed by atoms with Gasteiger partial charge >= 0.3 is 0 Å². The molecule has 0 aliphatic heterocycles. The molecule has 1 heterocycles. The van der Waals surface area contributed by atoms with Crippen molar-refractivity contribution in [2.75, 3.05) is 7.11 Å². The third-order valence-electron chi connectivity index (χ3n) is 2.50. The lowest BCUT2D eigenvalue weighted by Gasteiger charge is -2.10. The van der Waals surface area contributed by atoms with Gasteiger partial charge in [0.1, 0.15) is 17.4 Å². The van der Waals surface area contributed by atoms with Gasteiger partial charge in [-0.2, -0.15) is 5.26 Å². The summed E-state index contributed by atoms with van der Waals surface area (Å²) in [7, 11) is 1.52. The Hall–Kier alpha value is -2.25. The maximum Gasteiger partial charge on any atom is 0.274 e. The summed E-state index contributed by atoms with van der Waals surface area (Å²) in [5, 5.41) is 9.06. The predicted octanol–water partition coefficient (Wildman–Crippen LogP) is 2.37. The maximum atomic E-state index is 12.1. The largest absolute Gasteiger partial charge is 0.495 e. The van der Waals surface area contributed by atoms with Crippen LogP contribution in [0.4, 0.5) is 0 Å². The molecular weight excluding hydrogens is 252 g/mol. The lowest BCUT2D eigenvalue weighted by molar-refractivity contribution is 0.412. The molecule has 1 aromatic carbocycles. The molecule has 0 N–H and O–H groups in total. The van der Waals surface area contributed by atoms with E-state index in [0.29, 0.717) is 11.4 Å². The van der Waals surface area contributed by atoms with Crippen LogP contribution in [0.25, 0.3) is 5.69 Å². The first-order valence-electron chi connectivity index (χ1n) is 5.13. The molecule has 0 saturated heterocycles. The number of aromatic nitrogens is 1. The van der Waals surface area contributed by atoms with Crippen molar-refractivity contribution in [1.29, 1.82) is 5.26 Å². The van der Waals surface area contributed by atoms with Crippen molar-refractivity contribution in [1.82, 2.24) is 4.57 Å². The van der Waals surface area contributed by atoms with E-state index in [0.717, 1.165) is 0 Å². The summed E-state index contributed by atoms with van der Waals surface area (Å²) in [5.41, 5.74) is 0.0257. The molecule has 4 nitrogen and oxygen atoms in total. The molecule has 5 heteroatoms. The molecule has 0 radical (unpaired) electrons. The highest BCUT2D eigenvalue weighted by Crippen LogP contribution is 2.21. The van der Waals surface area contributed by atoms with Crippen molar-refractivity contribution in [3.8, 4) is 17.5 Å². The molecule has 90 valence electrons. The van der Waals surface area contributed by atoms with Crippen LogP contribution in [0.2, 0.25) is 5.02 Å². The van der Waals surface area contributed by atoms with Crippen LogP contribution in [0, 0.1) is 11.3 Å². The molecule has 0 bridgehead atoms. The van der Waals surface area contributed by atoms with Gasteiger partial charge < -0.3 is 4.74 Å². The molecule has 0 saturated carbocycles. The summed E-state index contributed by atoms with van der Waals surface area (Å²) >= 11 is 5.80. The zero-order valence-electron chi connectivity index (χ0n) is 9.55. The molecular formula is C13H9ClN2O2. The average Bonchev–Trinajstić information content (AvgIpc) is 2.39. The van der Waals surface area contributed by atoms with Crippen LogP contribution in [0.3, 0.4) is 0 Å². The standard InChI is InChI=1S/C13H9ClN2O2/c1-18-12-5-3-2-4-11(12)16-7-6-10(14)9(8-15)13(16)17/h2-7H,1H3. The number of ether oxygens (including phenoxy) is 1. The number of rotatable bonds is 2. The first-order chi connectivity index (χ1) is 8.69. The highest BCUT2D eigenvalue weighted by molar-refractivity contribution is 6.31. The van der Waals surface area contributed by atoms with Gasteiger partial charge in [0.2, 0.25) is 0 Å². The van der Waals surface area contributed by atoms with E-state index >= 15 is 0 Å². The van der Waals surface area contributed by atoms with Crippen LogP contribution in [-0.2, 0) is 0 Å². The summed E-state index contributed by atoms with van der Waals surface area (Å²) in [5.74, 6) is 0.547. The Morgan fingerprint density at radius 2 is 2.06 bits per heavy atom. The minimum Gasteiger partial charge on any atom is -0.495 e. The number of benzene rings is 1. The van der Waals surface area contributed by atoms with Crippen molar-refractivity contribution in [3.05, 3.63) is 57.5 Å². The minimum atomic E-state index is -0.463. The van der Waals surface area contributed by atoms with Crippen LogP contribution in [-0.4, -0.2) is 11.7 Å². The van der Waals surface area contributed by atoms with Crippen molar-refractivity contribution < 1.29 is 4.74 Å². The number of hydrogen-bond acceptors (Lipinski definition) is 3. The highest BCUT2D eigenvalue weighted by Gasteiger charge is 2.11. The van der Waals surface area contributed by atoms with E-state index in [-0.39, 0.29) is 10.6 Å². The van der Waals surface area contributed by atoms with Crippen LogP contribution < -0.4 is 10.3 Å². The summed E-state index contributed by atoms with van der Waals surface area (Å²) in [6.45, 7) is 0. The normalized spacial score (nSPS) is 9.83. The Kier molecular flexibility index (Phi) is 3.35. The quantitative estimate of drug-likeness (QED) is 0.833. The highest BCUT2D eigenvalue weighted by atomic mass is 35.5. The van der Waals surface area contributed by atoms with Gasteiger partial charge in [-0.3, -0.25) is 9.36 Å². The Morgan fingerprint density at radius 3 is 2.72 bits per heavy atom. The van der Waals surface area contributed by atoms with Gasteiger partial charge in [0.25, 0.3) is 5.56 Å². The number of hydrogen-bond donors (Lipinski definition) is 0. The fourth-order valence-electron chi connectivity index (χ4n) is 1.63. The van der Waals surface area contributed by atoms with Gasteiger partial charge in [-0.25, -0.2) is 0 Å². The van der Waals surface area contributed by atoms with Crippen LogP contribution in [0.5, 0.6) is 5.75 Å². The van der Waals surface area contributed by atoms with E-state index < -0.39 is 5.56 Å². The van der Waals surface area contributed by atoms with Crippen LogP contribution in [0.15, 0.2) is 41.3 Å². The van der Waals surface area contributed by atoms with Crippen LogP contribution >= 0.6 is 11.6 Å². The summed E-state index contributed by atoms with van der Waals surface area (Å²) in [6, 6.07) is 10.4. The zero-order valence-corrected chi connectivity index (χ0v) is 10.3. The van der Waals surface area contributed by atoms with E-state index in [2.05, 4.69) is 0 Å². The Bertz CT molecular complexity index is 686. The molecule has 0 aliphatic carbocycles. The van der Waals surface area contributed by atoms with Crippen molar-refractivity contribution >= 4 is 11.6 Å². The third kappa shape index (κ3) is 1.96. The molecule has 0 fully saturated rings. The summed E-state index contributed by atoms with van der Waals surface area (Å²) in [6.07, 6.45) is 1.52. The topological polar surface area (TPSA) is 55.0 Å². The number of pyridine rings is 1. The average molecular weight is 261 g/mol. The molecule has 18 heavy (non-hydrogen) atoms. The lowest BCUT2D eigenvalue weighted by Crippen LogP contribution is -2.21. The van der Waals surface area contributed by atoms with E-state index in [9.17, 15) is 4.79 Å². The number of para-hydroxylation sites is 2. The lowest BCUT2D eigenvalue weighted by atomic mass is 10.2. The smallest absolute Gasteiger partial charge is 0.274 e. The van der Waals surface area contributed by atoms with Crippen molar-refractivity contribution in [3.63, 3.8) is 0 Å². The van der Waals surface area contributed by atoms with Gasteiger partial charge in [-0.15, -0.1) is 0 Å². The maximum absolute atomic E-state index is 12.1. The van der Waals surface area contributed by atoms with Gasteiger partial charge in [-0.05, 0) is 18.2 Å². The summed E-state index contributed by atoms with van der Waals surface area (Å²) in [4.78, 5) is 12.1. The first-order valence-corrected chi connectivity index (χ1v) is 5.51. The monoisotopic (exact) mass is 260 g/mol. The van der Waals surface area contributed by atoms with Crippen LogP contribution in [0.1, 0.15) is 5.56 Å². The van der Waals surface area contributed by atoms with Gasteiger partial charge in [-0.1, -0.05) is 23.7 Å². The number of nitrogens with zero attached hydrogens (tertiary/aromatic N) is 2. The van der Waals surface area contributed by atoms with Gasteiger partial charge in [0.05, 0.1) is 17.8 Å². The van der Waals surface area contributed by atoms with E-state index in [1.54, 1.807) is 30.3 Å². The van der Waals surface area contributed by atoms with E-state index in [1.807, 2.05) is 0 Å². The molecule has 2 aromatic rings. The molecule has 0 aliphatic rings. The fourth-order valence-corrected chi connectivity index (χ4v) is 1.81. The second kappa shape index (κ2) is 4.94. The molecule has 0 amide bonds. The van der Waals surface area contributed by atoms with Crippen molar-refractivity contribution in [2.45, 2.75) is 0 Å². The molecule has 1 aromatic heterocycles. The number of methoxy groups -OCH3 is 1. The van der Waals surface area contributed by atoms with Crippen molar-refractivity contribution in [2.24, 2.45) is 0 Å². The molecule has 2 rings (SSSR count). The summed E-state index contributed by atoms with van der Waals surface area (Å²) < 4.78 is 6.52. The number of nitriles is 1. The molecule has 0 spiro atoms. The van der Waals surface area contributed by atoms with Gasteiger partial charge in [0, 0.05) is 6.20 Å². The first kappa shape index (κ1) is 12.2. The van der Waals surface area contributed by atoms with Gasteiger partial charge in [0.15, 0.2) is 0 Å². The second-order valence-corrected chi connectivity index (χ2v) is 3.90. The van der Waals surface area contributed by atoms with E-state index in [4.69, 9.17) is 21.6 Å². The fraction of sp³-hybridized carbons (Fsp3) is 0.0769. The Balaban J connectivity index is 2.74.